The summed E-state index contributed by atoms with van der Waals surface area (Å²) in [6, 6.07) is 8.41. The van der Waals surface area contributed by atoms with Crippen LogP contribution in [0.1, 0.15) is 26.3 Å². The fourth-order valence-corrected chi connectivity index (χ4v) is 5.04. The fourth-order valence-electron chi connectivity index (χ4n) is 4.66. The summed E-state index contributed by atoms with van der Waals surface area (Å²) in [5.74, 6) is -3.98. The molecule has 0 saturated heterocycles. The minimum Gasteiger partial charge on any atom is -0.506 e. The third-order valence-corrected chi connectivity index (χ3v) is 7.43. The molecule has 50 heavy (non-hydrogen) atoms. The van der Waals surface area contributed by atoms with Crippen LogP contribution in [0, 0.1) is 6.92 Å². The number of nitrogens with zero attached hydrogens (tertiary/aromatic N) is 1. The van der Waals surface area contributed by atoms with Gasteiger partial charge in [-0.15, -0.1) is 0 Å². The molecule has 264 valence electrons. The normalized spacial score (nSPS) is 10.8. The highest BCUT2D eigenvalue weighted by molar-refractivity contribution is 6.33. The highest BCUT2D eigenvalue weighted by Crippen LogP contribution is 2.46. The zero-order valence-corrected chi connectivity index (χ0v) is 28.5. The maximum atomic E-state index is 12.6. The van der Waals surface area contributed by atoms with Gasteiger partial charge < -0.3 is 42.8 Å². The summed E-state index contributed by atoms with van der Waals surface area (Å²) in [6.07, 6.45) is 0. The molecule has 0 atom stereocenters. The van der Waals surface area contributed by atoms with Crippen molar-refractivity contribution in [2.75, 3.05) is 38.4 Å². The van der Waals surface area contributed by atoms with Crippen LogP contribution >= 0.6 is 23.2 Å². The van der Waals surface area contributed by atoms with Gasteiger partial charge in [0.15, 0.2) is 0 Å². The molecular weight excluding hydrogens is 705 g/mol. The van der Waals surface area contributed by atoms with Gasteiger partial charge >= 0.3 is 29.8 Å². The summed E-state index contributed by atoms with van der Waals surface area (Å²) >= 11 is 12.8. The van der Waals surface area contributed by atoms with Crippen LogP contribution in [0.5, 0.6) is 11.5 Å². The summed E-state index contributed by atoms with van der Waals surface area (Å²) < 4.78 is 35.5. The first-order valence-electron chi connectivity index (χ1n) is 14.5. The molecule has 2 aliphatic rings. The smallest absolute Gasteiger partial charge is 0.328 e. The van der Waals surface area contributed by atoms with Gasteiger partial charge in [-0.1, -0.05) is 23.2 Å². The third-order valence-electron chi connectivity index (χ3n) is 6.84. The minimum atomic E-state index is -0.925. The zero-order valence-electron chi connectivity index (χ0n) is 27.0. The van der Waals surface area contributed by atoms with Crippen molar-refractivity contribution in [1.82, 2.24) is 0 Å². The second-order valence-corrected chi connectivity index (χ2v) is 11.3. The molecule has 15 nitrogen and oxygen atoms in total. The van der Waals surface area contributed by atoms with Crippen molar-refractivity contribution >= 4 is 69.7 Å². The van der Waals surface area contributed by atoms with Crippen molar-refractivity contribution in [3.63, 3.8) is 0 Å². The number of ether oxygens (including phenoxy) is 6. The number of esters is 5. The molecule has 0 unspecified atom stereocenters. The number of hydrogen-bond donors (Lipinski definition) is 1. The molecule has 1 heterocycles. The summed E-state index contributed by atoms with van der Waals surface area (Å²) in [4.78, 5) is 72.3. The Labute approximate surface area is 293 Å². The van der Waals surface area contributed by atoms with Crippen LogP contribution in [0.2, 0.25) is 10.0 Å². The Balaban J connectivity index is 1.82. The lowest BCUT2D eigenvalue weighted by atomic mass is 9.90. The quantitative estimate of drug-likeness (QED) is 0.0857. The van der Waals surface area contributed by atoms with Gasteiger partial charge in [0.1, 0.15) is 35.9 Å². The molecular formula is C33H29Cl2NO14. The van der Waals surface area contributed by atoms with Crippen molar-refractivity contribution in [3.05, 3.63) is 62.2 Å². The first-order chi connectivity index (χ1) is 23.6. The Morgan fingerprint density at radius 1 is 0.740 bits per heavy atom. The van der Waals surface area contributed by atoms with Crippen LogP contribution in [0.4, 0.5) is 5.69 Å². The molecule has 0 aromatic heterocycles. The number of fused-ring (bicyclic) bond motifs is 2. The molecule has 0 radical (unpaired) electrons. The Morgan fingerprint density at radius 3 is 1.90 bits per heavy atom. The largest absolute Gasteiger partial charge is 0.506 e. The maximum Gasteiger partial charge on any atom is 0.328 e. The van der Waals surface area contributed by atoms with Gasteiger partial charge in [-0.25, -0.2) is 0 Å². The van der Waals surface area contributed by atoms with Gasteiger partial charge in [0, 0.05) is 49.4 Å². The van der Waals surface area contributed by atoms with Crippen LogP contribution in [0.15, 0.2) is 45.6 Å². The predicted molar refractivity (Wildman–Crippen MR) is 176 cm³/mol. The van der Waals surface area contributed by atoms with Gasteiger partial charge in [0.2, 0.25) is 25.8 Å². The van der Waals surface area contributed by atoms with Gasteiger partial charge in [-0.3, -0.25) is 28.8 Å². The highest BCUT2D eigenvalue weighted by atomic mass is 35.5. The summed E-state index contributed by atoms with van der Waals surface area (Å²) in [5, 5.41) is 11.8. The van der Waals surface area contributed by atoms with Crippen LogP contribution in [-0.4, -0.2) is 68.4 Å². The molecule has 4 rings (SSSR count). The summed E-state index contributed by atoms with van der Waals surface area (Å²) in [5.41, 5.74) is 1.39. The topological polar surface area (TPSA) is 194 Å². The van der Waals surface area contributed by atoms with Crippen molar-refractivity contribution in [2.24, 2.45) is 0 Å². The molecule has 1 aliphatic carbocycles. The maximum absolute atomic E-state index is 12.6. The second-order valence-electron chi connectivity index (χ2n) is 10.5. The van der Waals surface area contributed by atoms with Gasteiger partial charge in [0.25, 0.3) is 0 Å². The highest BCUT2D eigenvalue weighted by Gasteiger charge is 2.26. The van der Waals surface area contributed by atoms with E-state index in [9.17, 15) is 33.9 Å². The molecule has 0 bridgehead atoms. The van der Waals surface area contributed by atoms with Crippen molar-refractivity contribution in [2.45, 2.75) is 27.7 Å². The van der Waals surface area contributed by atoms with Crippen LogP contribution < -0.4 is 15.1 Å². The van der Waals surface area contributed by atoms with E-state index in [0.717, 1.165) is 18.7 Å². The van der Waals surface area contributed by atoms with E-state index in [-0.39, 0.29) is 32.8 Å². The number of halogens is 2. The van der Waals surface area contributed by atoms with E-state index in [1.54, 1.807) is 6.92 Å². The fraction of sp³-hybridized carbons (Fsp3) is 0.273. The number of carbonyl (C=O) groups is 5. The number of rotatable bonds is 13. The average molecular weight is 734 g/mol. The Hall–Kier alpha value is -5.54. The second kappa shape index (κ2) is 16.2. The Kier molecular flexibility index (Phi) is 12.1. The SMILES string of the molecule is CC(=O)OCOC(=O)CN(CC(=O)OCOC(C)=O)c1cc(C)c(-c2c3cc(Cl)c(=O)cc-3oc3cc(OCOC(C)=O)c(Cl)cc23)cc1O. The zero-order chi connectivity index (χ0) is 36.7. The lowest BCUT2D eigenvalue weighted by Crippen LogP contribution is -2.37. The lowest BCUT2D eigenvalue weighted by molar-refractivity contribution is -0.165. The standard InChI is InChI=1S/C33H29Cl2NO14/c1-16-5-25(36(11-31(42)48-14-45-18(3)38)12-32(43)49-15-46-19(4)39)27(41)8-20(16)33-21-6-23(34)26(40)9-28(21)50-29-10-30(24(35)7-22(29)33)47-13-44-17(2)37/h5-10,41H,11-15H2,1-4H3. The van der Waals surface area contributed by atoms with E-state index >= 15 is 0 Å². The van der Waals surface area contributed by atoms with E-state index < -0.39 is 74.5 Å². The number of carbonyl (C=O) groups excluding carboxylic acids is 5. The number of phenols is 1. The average Bonchev–Trinajstić information content (AvgIpc) is 3.01. The molecule has 0 spiro atoms. The summed E-state index contributed by atoms with van der Waals surface area (Å²) in [7, 11) is 0. The molecule has 0 saturated carbocycles. The number of anilines is 1. The molecule has 0 amide bonds. The molecule has 0 fully saturated rings. The molecule has 1 N–H and O–H groups in total. The van der Waals surface area contributed by atoms with Crippen molar-refractivity contribution < 1.29 is 61.9 Å². The number of phenolic OH excluding ortho intramolecular Hbond substituents is 1. The van der Waals surface area contributed by atoms with Crippen LogP contribution in [0.3, 0.4) is 0 Å². The van der Waals surface area contributed by atoms with Crippen LogP contribution in [-0.2, 0) is 47.7 Å². The first kappa shape index (κ1) is 37.3. The Bertz CT molecular complexity index is 1970. The van der Waals surface area contributed by atoms with Gasteiger partial charge in [-0.05, 0) is 42.3 Å². The van der Waals surface area contributed by atoms with E-state index in [0.29, 0.717) is 27.6 Å². The van der Waals surface area contributed by atoms with E-state index in [1.807, 2.05) is 0 Å². The summed E-state index contributed by atoms with van der Waals surface area (Å²) in [6.45, 7) is 2.11. The monoisotopic (exact) mass is 733 g/mol. The third kappa shape index (κ3) is 9.33. The lowest BCUT2D eigenvalue weighted by Gasteiger charge is -2.25. The number of benzene rings is 3. The van der Waals surface area contributed by atoms with Crippen molar-refractivity contribution in [1.29, 1.82) is 0 Å². The number of aryl methyl sites for hydroxylation is 1. The van der Waals surface area contributed by atoms with E-state index in [4.69, 9.17) is 46.6 Å². The van der Waals surface area contributed by atoms with Crippen molar-refractivity contribution in [3.8, 4) is 33.9 Å². The Morgan fingerprint density at radius 2 is 1.32 bits per heavy atom. The first-order valence-corrected chi connectivity index (χ1v) is 15.2. The molecule has 2 aromatic carbocycles. The molecule has 1 aliphatic heterocycles. The van der Waals surface area contributed by atoms with Gasteiger partial charge in [-0.2, -0.15) is 0 Å². The number of aromatic hydroxyl groups is 1. The minimum absolute atomic E-state index is 0.00609. The molecule has 2 aromatic rings. The van der Waals surface area contributed by atoms with E-state index in [1.165, 1.54) is 43.3 Å². The predicted octanol–water partition coefficient (Wildman–Crippen LogP) is 4.72. The van der Waals surface area contributed by atoms with Crippen LogP contribution in [0.25, 0.3) is 33.4 Å². The van der Waals surface area contributed by atoms with Gasteiger partial charge in [0.05, 0.1) is 15.7 Å². The number of hydrogen-bond acceptors (Lipinski definition) is 15. The van der Waals surface area contributed by atoms with E-state index in [2.05, 4.69) is 9.47 Å². The molecule has 17 heteroatoms.